The molecular formula is C13H19N3O2. The number of aromatic amines is 1. The number of rotatable bonds is 4. The molecule has 1 heterocycles. The number of H-pyrrole nitrogens is 1. The molecule has 3 atom stereocenters. The van der Waals surface area contributed by atoms with Gasteiger partial charge in [0.2, 0.25) is 0 Å². The fraction of sp³-hybridized carbons (Fsp3) is 0.692. The topological polar surface area (TPSA) is 84.9 Å². The summed E-state index contributed by atoms with van der Waals surface area (Å²) in [6.45, 7) is 2.84. The minimum Gasteiger partial charge on any atom is -0.330 e. The normalized spacial score (nSPS) is 34.0. The Balaban J connectivity index is 1.80. The Morgan fingerprint density at radius 3 is 3.11 bits per heavy atom. The summed E-state index contributed by atoms with van der Waals surface area (Å²) >= 11 is 0. The van der Waals surface area contributed by atoms with Crippen LogP contribution in [0.3, 0.4) is 0 Å². The molecule has 2 aliphatic rings. The van der Waals surface area contributed by atoms with Crippen molar-refractivity contribution in [2.24, 2.45) is 23.0 Å². The lowest BCUT2D eigenvalue weighted by Gasteiger charge is -2.51. The van der Waals surface area contributed by atoms with E-state index < -0.39 is 5.76 Å². The van der Waals surface area contributed by atoms with Gasteiger partial charge in [0, 0.05) is 6.42 Å². The van der Waals surface area contributed by atoms with Crippen molar-refractivity contribution in [2.75, 3.05) is 6.54 Å². The van der Waals surface area contributed by atoms with Crippen LogP contribution in [0.25, 0.3) is 0 Å². The lowest BCUT2D eigenvalue weighted by atomic mass is 9.53. The largest absolute Gasteiger partial charge is 0.438 e. The molecule has 2 aliphatic carbocycles. The Morgan fingerprint density at radius 2 is 2.50 bits per heavy atom. The van der Waals surface area contributed by atoms with Gasteiger partial charge in [0.1, 0.15) is 0 Å². The van der Waals surface area contributed by atoms with Crippen molar-refractivity contribution < 1.29 is 4.52 Å². The summed E-state index contributed by atoms with van der Waals surface area (Å²) in [6.07, 6.45) is 6.60. The van der Waals surface area contributed by atoms with Crippen LogP contribution >= 0.6 is 0 Å². The summed E-state index contributed by atoms with van der Waals surface area (Å²) in [6, 6.07) is 0. The average Bonchev–Trinajstić information content (AvgIpc) is 2.91. The fourth-order valence-corrected chi connectivity index (χ4v) is 3.71. The summed E-state index contributed by atoms with van der Waals surface area (Å²) < 4.78 is 4.56. The zero-order valence-electron chi connectivity index (χ0n) is 10.6. The third-order valence-electron chi connectivity index (χ3n) is 4.69. The van der Waals surface area contributed by atoms with E-state index in [0.717, 1.165) is 18.8 Å². The van der Waals surface area contributed by atoms with Crippen molar-refractivity contribution in [3.05, 3.63) is 28.0 Å². The molecule has 3 rings (SSSR count). The third kappa shape index (κ3) is 1.65. The van der Waals surface area contributed by atoms with Crippen LogP contribution in [0.5, 0.6) is 0 Å². The average molecular weight is 249 g/mol. The Hall–Kier alpha value is -1.36. The van der Waals surface area contributed by atoms with Gasteiger partial charge in [-0.1, -0.05) is 23.7 Å². The van der Waals surface area contributed by atoms with E-state index in [1.165, 1.54) is 6.42 Å². The van der Waals surface area contributed by atoms with E-state index in [1.54, 1.807) is 5.57 Å². The lowest BCUT2D eigenvalue weighted by molar-refractivity contribution is 0.00683. The molecule has 98 valence electrons. The van der Waals surface area contributed by atoms with Gasteiger partial charge < -0.3 is 5.73 Å². The van der Waals surface area contributed by atoms with Crippen LogP contribution in [0.2, 0.25) is 0 Å². The van der Waals surface area contributed by atoms with Gasteiger partial charge in [-0.15, -0.1) is 0 Å². The molecule has 0 aromatic carbocycles. The number of aromatic nitrogens is 2. The van der Waals surface area contributed by atoms with E-state index in [4.69, 9.17) is 5.73 Å². The van der Waals surface area contributed by atoms with Crippen molar-refractivity contribution in [3.8, 4) is 0 Å². The number of nitrogens with one attached hydrogen (secondary N) is 1. The first-order valence-electron chi connectivity index (χ1n) is 6.61. The highest BCUT2D eigenvalue weighted by Crippen LogP contribution is 2.58. The summed E-state index contributed by atoms with van der Waals surface area (Å²) in [7, 11) is 0. The molecule has 0 spiro atoms. The minimum absolute atomic E-state index is 0.0708. The molecule has 0 aliphatic heterocycles. The van der Waals surface area contributed by atoms with Gasteiger partial charge in [0.05, 0.1) is 0 Å². The van der Waals surface area contributed by atoms with Crippen molar-refractivity contribution >= 4 is 0 Å². The second kappa shape index (κ2) is 4.09. The summed E-state index contributed by atoms with van der Waals surface area (Å²) in [4.78, 5) is 13.6. The molecular weight excluding hydrogens is 230 g/mol. The predicted octanol–water partition coefficient (Wildman–Crippen LogP) is 1.23. The molecule has 1 aromatic rings. The highest BCUT2D eigenvalue weighted by atomic mass is 16.5. The van der Waals surface area contributed by atoms with Crippen LogP contribution in [-0.4, -0.2) is 16.7 Å². The van der Waals surface area contributed by atoms with E-state index in [1.807, 2.05) is 0 Å². The molecule has 1 aromatic heterocycles. The number of hydrogen-bond acceptors (Lipinski definition) is 4. The maximum Gasteiger partial charge on any atom is 0.438 e. The van der Waals surface area contributed by atoms with Crippen LogP contribution < -0.4 is 11.5 Å². The Kier molecular flexibility index (Phi) is 2.66. The second-order valence-electron chi connectivity index (χ2n) is 5.66. The Bertz CT molecular complexity index is 530. The van der Waals surface area contributed by atoms with Crippen LogP contribution in [0.1, 0.15) is 32.0 Å². The number of hydrogen-bond donors (Lipinski definition) is 2. The third-order valence-corrected chi connectivity index (χ3v) is 4.69. The lowest BCUT2D eigenvalue weighted by Crippen LogP contribution is -2.51. The SMILES string of the molecule is CCC1=C[C@@H]2[C@H](C1)C[C@]2(CN)Cc1noc(=O)[nH]1. The Morgan fingerprint density at radius 1 is 1.67 bits per heavy atom. The van der Waals surface area contributed by atoms with Crippen molar-refractivity contribution in [3.63, 3.8) is 0 Å². The van der Waals surface area contributed by atoms with Gasteiger partial charge in [-0.3, -0.25) is 9.51 Å². The highest BCUT2D eigenvalue weighted by molar-refractivity contribution is 5.24. The van der Waals surface area contributed by atoms with Crippen molar-refractivity contribution in [1.29, 1.82) is 0 Å². The van der Waals surface area contributed by atoms with Crippen LogP contribution in [0.4, 0.5) is 0 Å². The highest BCUT2D eigenvalue weighted by Gasteiger charge is 2.54. The maximum absolute atomic E-state index is 11.0. The number of nitrogens with two attached hydrogens (primary N) is 1. The summed E-state index contributed by atoms with van der Waals surface area (Å²) in [5.41, 5.74) is 7.61. The predicted molar refractivity (Wildman–Crippen MR) is 66.9 cm³/mol. The quantitative estimate of drug-likeness (QED) is 0.786. The van der Waals surface area contributed by atoms with E-state index in [2.05, 4.69) is 27.7 Å². The van der Waals surface area contributed by atoms with Gasteiger partial charge >= 0.3 is 5.76 Å². The van der Waals surface area contributed by atoms with E-state index in [0.29, 0.717) is 24.7 Å². The number of allylic oxidation sites excluding steroid dienone is 2. The molecule has 18 heavy (non-hydrogen) atoms. The van der Waals surface area contributed by atoms with Gasteiger partial charge in [-0.2, -0.15) is 0 Å². The van der Waals surface area contributed by atoms with E-state index in [-0.39, 0.29) is 5.41 Å². The molecule has 0 bridgehead atoms. The zero-order valence-corrected chi connectivity index (χ0v) is 10.6. The molecule has 0 saturated heterocycles. The first kappa shape index (κ1) is 11.7. The standard InChI is InChI=1S/C13H19N3O2/c1-2-8-3-9-5-13(7-14,10(9)4-8)6-11-15-12(17)18-16-11/h4,9-10H,2-3,5-7,14H2,1H3,(H,15,16,17)/t9-,10-,13-/m1/s1. The van der Waals surface area contributed by atoms with Crippen LogP contribution in [0.15, 0.2) is 21.0 Å². The minimum atomic E-state index is -0.482. The van der Waals surface area contributed by atoms with Crippen molar-refractivity contribution in [1.82, 2.24) is 10.1 Å². The van der Waals surface area contributed by atoms with Gasteiger partial charge in [0.15, 0.2) is 5.82 Å². The first-order chi connectivity index (χ1) is 8.66. The molecule has 0 amide bonds. The zero-order chi connectivity index (χ0) is 12.8. The van der Waals surface area contributed by atoms with E-state index in [9.17, 15) is 4.79 Å². The number of fused-ring (bicyclic) bond motifs is 1. The molecule has 5 nitrogen and oxygen atoms in total. The monoisotopic (exact) mass is 249 g/mol. The second-order valence-corrected chi connectivity index (χ2v) is 5.66. The summed E-state index contributed by atoms with van der Waals surface area (Å²) in [5.74, 6) is 1.45. The first-order valence-corrected chi connectivity index (χ1v) is 6.61. The van der Waals surface area contributed by atoms with Crippen molar-refractivity contribution in [2.45, 2.75) is 32.6 Å². The van der Waals surface area contributed by atoms with Gasteiger partial charge in [-0.05, 0) is 43.1 Å². The van der Waals surface area contributed by atoms with Gasteiger partial charge in [-0.25, -0.2) is 4.79 Å². The van der Waals surface area contributed by atoms with Crippen LogP contribution in [-0.2, 0) is 6.42 Å². The van der Waals surface area contributed by atoms with Crippen LogP contribution in [0, 0.1) is 17.3 Å². The summed E-state index contributed by atoms with van der Waals surface area (Å²) in [5, 5.41) is 3.76. The van der Waals surface area contributed by atoms with E-state index >= 15 is 0 Å². The molecule has 0 radical (unpaired) electrons. The molecule has 5 heteroatoms. The maximum atomic E-state index is 11.0. The molecule has 0 unspecified atom stereocenters. The molecule has 1 fully saturated rings. The molecule has 1 saturated carbocycles. The van der Waals surface area contributed by atoms with Gasteiger partial charge in [0.25, 0.3) is 0 Å². The fourth-order valence-electron chi connectivity index (χ4n) is 3.71. The Labute approximate surface area is 105 Å². The molecule has 3 N–H and O–H groups in total. The number of nitrogens with zero attached hydrogens (tertiary/aromatic N) is 1. The smallest absolute Gasteiger partial charge is 0.330 e.